The number of ether oxygens (including phenoxy) is 2. The zero-order chi connectivity index (χ0) is 17.7. The van der Waals surface area contributed by atoms with Crippen LogP contribution in [0.5, 0.6) is 0 Å². The van der Waals surface area contributed by atoms with E-state index in [0.717, 1.165) is 36.0 Å². The molecule has 146 valence electrons. The fraction of sp³-hybridized carbons (Fsp3) is 0.529. The van der Waals surface area contributed by atoms with Crippen LogP contribution in [0.4, 0.5) is 0 Å². The van der Waals surface area contributed by atoms with Crippen molar-refractivity contribution >= 4 is 41.3 Å². The Morgan fingerprint density at radius 3 is 2.92 bits per heavy atom. The van der Waals surface area contributed by atoms with Crippen LogP contribution in [0.1, 0.15) is 19.0 Å². The molecule has 26 heavy (non-hydrogen) atoms. The number of rotatable bonds is 11. The van der Waals surface area contributed by atoms with E-state index >= 15 is 0 Å². The van der Waals surface area contributed by atoms with Gasteiger partial charge >= 0.3 is 0 Å². The molecule has 0 saturated heterocycles. The lowest BCUT2D eigenvalue weighted by molar-refractivity contribution is 0.0698. The summed E-state index contributed by atoms with van der Waals surface area (Å²) in [5.41, 5.74) is 0.809. The summed E-state index contributed by atoms with van der Waals surface area (Å²) < 4.78 is 15.9. The minimum Gasteiger partial charge on any atom is -0.443 e. The van der Waals surface area contributed by atoms with Gasteiger partial charge < -0.3 is 24.5 Å². The average molecular weight is 494 g/mol. The molecule has 2 rings (SSSR count). The normalized spacial score (nSPS) is 11.2. The molecule has 2 aromatic heterocycles. The van der Waals surface area contributed by atoms with Crippen LogP contribution in [-0.4, -0.2) is 51.0 Å². The van der Waals surface area contributed by atoms with Crippen LogP contribution >= 0.6 is 35.3 Å². The number of nitrogens with zero attached hydrogens (tertiary/aromatic N) is 2. The van der Waals surface area contributed by atoms with Crippen LogP contribution in [0, 0.1) is 0 Å². The third-order valence-corrected chi connectivity index (χ3v) is 4.07. The first-order chi connectivity index (χ1) is 12.3. The summed E-state index contributed by atoms with van der Waals surface area (Å²) in [6.45, 7) is 6.05. The van der Waals surface area contributed by atoms with Gasteiger partial charge in [0.25, 0.3) is 0 Å². The molecule has 0 aliphatic rings. The van der Waals surface area contributed by atoms with Crippen LogP contribution in [0.3, 0.4) is 0 Å². The first kappa shape index (κ1) is 22.9. The second kappa shape index (κ2) is 14.0. The number of methoxy groups -OCH3 is 1. The fourth-order valence-corrected chi connectivity index (χ4v) is 2.68. The van der Waals surface area contributed by atoms with Crippen molar-refractivity contribution in [1.29, 1.82) is 0 Å². The molecule has 2 heterocycles. The zero-order valence-corrected chi connectivity index (χ0v) is 18.3. The monoisotopic (exact) mass is 494 g/mol. The Hall–Kier alpha value is -1.17. The van der Waals surface area contributed by atoms with Crippen molar-refractivity contribution in [2.75, 3.05) is 40.0 Å². The Kier molecular flexibility index (Phi) is 12.3. The number of aliphatic imine (C=N–C) groups is 1. The van der Waals surface area contributed by atoms with E-state index in [1.807, 2.05) is 24.4 Å². The van der Waals surface area contributed by atoms with Crippen LogP contribution in [0.2, 0.25) is 0 Å². The number of thiophene rings is 1. The molecular formula is C17H27IN4O3S. The van der Waals surface area contributed by atoms with Crippen molar-refractivity contribution in [3.63, 3.8) is 0 Å². The zero-order valence-electron chi connectivity index (χ0n) is 15.2. The van der Waals surface area contributed by atoms with E-state index in [-0.39, 0.29) is 24.0 Å². The summed E-state index contributed by atoms with van der Waals surface area (Å²) >= 11 is 1.61. The van der Waals surface area contributed by atoms with Gasteiger partial charge in [-0.25, -0.2) is 9.98 Å². The molecule has 0 spiro atoms. The van der Waals surface area contributed by atoms with Crippen LogP contribution in [-0.2, 0) is 16.0 Å². The number of aromatic nitrogens is 1. The molecule has 0 radical (unpaired) electrons. The minimum atomic E-state index is 0. The maximum absolute atomic E-state index is 5.51. The highest BCUT2D eigenvalue weighted by Crippen LogP contribution is 2.23. The molecule has 0 bridgehead atoms. The summed E-state index contributed by atoms with van der Waals surface area (Å²) in [4.78, 5) is 10.0. The Bertz CT molecular complexity index is 619. The predicted octanol–water partition coefficient (Wildman–Crippen LogP) is 3.13. The van der Waals surface area contributed by atoms with E-state index < -0.39 is 0 Å². The maximum Gasteiger partial charge on any atom is 0.236 e. The van der Waals surface area contributed by atoms with Gasteiger partial charge in [0.2, 0.25) is 5.89 Å². The quantitative estimate of drug-likeness (QED) is 0.216. The number of hydrogen-bond donors (Lipinski definition) is 2. The molecule has 0 fully saturated rings. The summed E-state index contributed by atoms with van der Waals surface area (Å²) in [5, 5.41) is 8.51. The fourth-order valence-electron chi connectivity index (χ4n) is 2.02. The smallest absolute Gasteiger partial charge is 0.236 e. The van der Waals surface area contributed by atoms with Gasteiger partial charge in [-0.2, -0.15) is 0 Å². The van der Waals surface area contributed by atoms with E-state index in [1.165, 1.54) is 0 Å². The maximum atomic E-state index is 5.51. The molecule has 0 saturated carbocycles. The third kappa shape index (κ3) is 8.47. The Labute approximate surface area is 175 Å². The third-order valence-electron chi connectivity index (χ3n) is 3.22. The summed E-state index contributed by atoms with van der Waals surface area (Å²) in [6, 6.07) is 3.97. The first-order valence-electron chi connectivity index (χ1n) is 8.40. The van der Waals surface area contributed by atoms with Gasteiger partial charge in [0, 0.05) is 26.8 Å². The highest BCUT2D eigenvalue weighted by Gasteiger charge is 2.07. The Morgan fingerprint density at radius 1 is 1.31 bits per heavy atom. The van der Waals surface area contributed by atoms with E-state index in [9.17, 15) is 0 Å². The standard InChI is InChI=1S/C17H26N4O3S.HI/c1-3-18-17(19-7-5-8-23-10-9-22-2)20-12-14-13-24-16(21-14)15-6-4-11-25-15;/h4,6,11,13H,3,5,7-10,12H2,1-2H3,(H2,18,19,20);1H. The Balaban J connectivity index is 0.00000338. The van der Waals surface area contributed by atoms with Crippen molar-refractivity contribution in [2.45, 2.75) is 19.9 Å². The minimum absolute atomic E-state index is 0. The lowest BCUT2D eigenvalue weighted by Gasteiger charge is -2.11. The van der Waals surface area contributed by atoms with Gasteiger partial charge in [0.15, 0.2) is 5.96 Å². The van der Waals surface area contributed by atoms with Crippen molar-refractivity contribution in [2.24, 2.45) is 4.99 Å². The van der Waals surface area contributed by atoms with Crippen molar-refractivity contribution < 1.29 is 13.9 Å². The van der Waals surface area contributed by atoms with Gasteiger partial charge in [-0.15, -0.1) is 35.3 Å². The number of halogens is 1. The van der Waals surface area contributed by atoms with Gasteiger partial charge in [0.1, 0.15) is 12.0 Å². The Morgan fingerprint density at radius 2 is 2.19 bits per heavy atom. The van der Waals surface area contributed by atoms with Crippen molar-refractivity contribution in [1.82, 2.24) is 15.6 Å². The van der Waals surface area contributed by atoms with Gasteiger partial charge in [0.05, 0.1) is 24.6 Å². The number of oxazole rings is 1. The SMILES string of the molecule is CCNC(=NCc1coc(-c2cccs2)n1)NCCCOCCOC.I. The second-order valence-corrected chi connectivity index (χ2v) is 6.15. The lowest BCUT2D eigenvalue weighted by Crippen LogP contribution is -2.38. The summed E-state index contributed by atoms with van der Waals surface area (Å²) in [7, 11) is 1.67. The first-order valence-corrected chi connectivity index (χ1v) is 9.28. The molecular weight excluding hydrogens is 467 g/mol. The van der Waals surface area contributed by atoms with Crippen molar-refractivity contribution in [3.8, 4) is 10.8 Å². The van der Waals surface area contributed by atoms with E-state index in [0.29, 0.717) is 32.3 Å². The molecule has 7 nitrogen and oxygen atoms in total. The highest BCUT2D eigenvalue weighted by molar-refractivity contribution is 14.0. The lowest BCUT2D eigenvalue weighted by atomic mass is 10.4. The van der Waals surface area contributed by atoms with Gasteiger partial charge in [-0.05, 0) is 24.8 Å². The molecule has 0 aliphatic carbocycles. The highest BCUT2D eigenvalue weighted by atomic mass is 127. The molecule has 0 amide bonds. The summed E-state index contributed by atoms with van der Waals surface area (Å²) in [5.74, 6) is 1.41. The number of hydrogen-bond acceptors (Lipinski definition) is 6. The molecule has 0 unspecified atom stereocenters. The largest absolute Gasteiger partial charge is 0.443 e. The van der Waals surface area contributed by atoms with E-state index in [2.05, 4.69) is 20.6 Å². The molecule has 2 N–H and O–H groups in total. The average Bonchev–Trinajstić information content (AvgIpc) is 3.30. The molecule has 0 atom stereocenters. The molecule has 0 aromatic carbocycles. The van der Waals surface area contributed by atoms with Crippen molar-refractivity contribution in [3.05, 3.63) is 29.5 Å². The molecule has 0 aliphatic heterocycles. The van der Waals surface area contributed by atoms with Gasteiger partial charge in [-0.3, -0.25) is 0 Å². The predicted molar refractivity (Wildman–Crippen MR) is 115 cm³/mol. The number of guanidine groups is 1. The molecule has 9 heteroatoms. The van der Waals surface area contributed by atoms with Gasteiger partial charge in [-0.1, -0.05) is 6.07 Å². The second-order valence-electron chi connectivity index (χ2n) is 5.20. The summed E-state index contributed by atoms with van der Waals surface area (Å²) in [6.07, 6.45) is 2.56. The van der Waals surface area contributed by atoms with Crippen LogP contribution in [0.15, 0.2) is 33.2 Å². The molecule has 2 aromatic rings. The number of nitrogens with one attached hydrogen (secondary N) is 2. The topological polar surface area (TPSA) is 80.9 Å². The van der Waals surface area contributed by atoms with E-state index in [1.54, 1.807) is 24.7 Å². The van der Waals surface area contributed by atoms with E-state index in [4.69, 9.17) is 13.9 Å². The van der Waals surface area contributed by atoms with Crippen LogP contribution < -0.4 is 10.6 Å². The van der Waals surface area contributed by atoms with Crippen LogP contribution in [0.25, 0.3) is 10.8 Å².